The van der Waals surface area contributed by atoms with Crippen LogP contribution in [-0.2, 0) is 11.2 Å². The van der Waals surface area contributed by atoms with Gasteiger partial charge in [0.15, 0.2) is 5.96 Å². The molecule has 2 N–H and O–H groups in total. The number of hydrogen-bond donors (Lipinski definition) is 2. The molecule has 0 radical (unpaired) electrons. The zero-order valence-corrected chi connectivity index (χ0v) is 18.7. The highest BCUT2D eigenvalue weighted by atomic mass is 127. The van der Waals surface area contributed by atoms with Crippen molar-refractivity contribution in [3.05, 3.63) is 21.9 Å². The van der Waals surface area contributed by atoms with Gasteiger partial charge in [-0.2, -0.15) is 0 Å². The van der Waals surface area contributed by atoms with Crippen molar-refractivity contribution in [3.8, 4) is 0 Å². The largest absolute Gasteiger partial charge is 0.357 e. The molecule has 7 heteroatoms. The third kappa shape index (κ3) is 7.94. The maximum absolute atomic E-state index is 12.1. The van der Waals surface area contributed by atoms with E-state index in [1.807, 2.05) is 16.2 Å². The van der Waals surface area contributed by atoms with Gasteiger partial charge >= 0.3 is 0 Å². The Morgan fingerprint density at radius 1 is 1.36 bits per heavy atom. The van der Waals surface area contributed by atoms with Crippen LogP contribution in [0.5, 0.6) is 0 Å². The Hall–Kier alpha value is -0.830. The first-order chi connectivity index (χ1) is 11.6. The Bertz CT molecular complexity index is 555. The first kappa shape index (κ1) is 22.2. The topological polar surface area (TPSA) is 56.7 Å². The fourth-order valence-electron chi connectivity index (χ4n) is 2.89. The predicted molar refractivity (Wildman–Crippen MR) is 117 cm³/mol. The van der Waals surface area contributed by atoms with Gasteiger partial charge in [0, 0.05) is 48.3 Å². The maximum atomic E-state index is 12.1. The number of halogens is 1. The second-order valence-electron chi connectivity index (χ2n) is 6.36. The molecule has 1 atom stereocenters. The number of aryl methyl sites for hydroxylation is 1. The summed E-state index contributed by atoms with van der Waals surface area (Å²) in [5.41, 5.74) is 0. The fourth-order valence-corrected chi connectivity index (χ4v) is 3.91. The van der Waals surface area contributed by atoms with E-state index in [0.717, 1.165) is 44.9 Å². The summed E-state index contributed by atoms with van der Waals surface area (Å²) >= 11 is 1.84. The van der Waals surface area contributed by atoms with Gasteiger partial charge in [0.25, 0.3) is 0 Å². The fraction of sp³-hybridized carbons (Fsp3) is 0.667. The number of aliphatic imine (C=N–C) groups is 1. The maximum Gasteiger partial charge on any atom is 0.224 e. The lowest BCUT2D eigenvalue weighted by Crippen LogP contribution is -2.43. The van der Waals surface area contributed by atoms with Crippen molar-refractivity contribution >= 4 is 47.2 Å². The van der Waals surface area contributed by atoms with Crippen LogP contribution >= 0.6 is 35.3 Å². The number of thiophene rings is 1. The normalized spacial score (nSPS) is 15.6. The molecule has 1 amide bonds. The molecule has 1 unspecified atom stereocenters. The smallest absolute Gasteiger partial charge is 0.224 e. The second-order valence-corrected chi connectivity index (χ2v) is 7.73. The second kappa shape index (κ2) is 11.7. The molecule has 1 aliphatic rings. The monoisotopic (exact) mass is 478 g/mol. The minimum Gasteiger partial charge on any atom is -0.357 e. The molecule has 2 rings (SSSR count). The highest BCUT2D eigenvalue weighted by molar-refractivity contribution is 14.0. The van der Waals surface area contributed by atoms with E-state index < -0.39 is 0 Å². The molecule has 1 fully saturated rings. The lowest BCUT2D eigenvalue weighted by molar-refractivity contribution is -0.129. The van der Waals surface area contributed by atoms with Crippen molar-refractivity contribution in [3.63, 3.8) is 0 Å². The van der Waals surface area contributed by atoms with Crippen LogP contribution < -0.4 is 10.6 Å². The molecule has 1 saturated heterocycles. The van der Waals surface area contributed by atoms with Crippen molar-refractivity contribution in [1.82, 2.24) is 15.5 Å². The summed E-state index contributed by atoms with van der Waals surface area (Å²) in [7, 11) is 0. The van der Waals surface area contributed by atoms with Crippen LogP contribution in [0.25, 0.3) is 0 Å². The zero-order valence-electron chi connectivity index (χ0n) is 15.5. The van der Waals surface area contributed by atoms with Crippen LogP contribution in [0.1, 0.15) is 42.9 Å². The molecule has 142 valence electrons. The number of guanidine groups is 1. The highest BCUT2D eigenvalue weighted by Crippen LogP contribution is 2.16. The van der Waals surface area contributed by atoms with Gasteiger partial charge in [-0.3, -0.25) is 9.79 Å². The molecule has 1 aromatic rings. The van der Waals surface area contributed by atoms with Gasteiger partial charge in [-0.15, -0.1) is 35.3 Å². The van der Waals surface area contributed by atoms with E-state index in [9.17, 15) is 4.79 Å². The van der Waals surface area contributed by atoms with Crippen molar-refractivity contribution in [2.75, 3.05) is 26.2 Å². The van der Waals surface area contributed by atoms with Crippen molar-refractivity contribution in [2.24, 2.45) is 4.99 Å². The van der Waals surface area contributed by atoms with Crippen LogP contribution in [-0.4, -0.2) is 49.0 Å². The van der Waals surface area contributed by atoms with Gasteiger partial charge in [-0.1, -0.05) is 0 Å². The number of carbonyl (C=O) groups is 1. The SMILES string of the molecule is CCNC(=NCCC(=O)N1CCCC1)NC(C)Cc1ccc(C)s1.I. The predicted octanol–water partition coefficient (Wildman–Crippen LogP) is 3.17. The molecule has 0 saturated carbocycles. The summed E-state index contributed by atoms with van der Waals surface area (Å²) in [5.74, 6) is 1.03. The van der Waals surface area contributed by atoms with Gasteiger partial charge in [0.05, 0.1) is 6.54 Å². The van der Waals surface area contributed by atoms with E-state index in [0.29, 0.717) is 19.0 Å². The Kier molecular flexibility index (Phi) is 10.4. The van der Waals surface area contributed by atoms with E-state index in [4.69, 9.17) is 0 Å². The Morgan fingerprint density at radius 2 is 2.08 bits per heavy atom. The van der Waals surface area contributed by atoms with Crippen molar-refractivity contribution < 1.29 is 4.79 Å². The summed E-state index contributed by atoms with van der Waals surface area (Å²) < 4.78 is 0. The van der Waals surface area contributed by atoms with E-state index in [1.165, 1.54) is 9.75 Å². The minimum absolute atomic E-state index is 0. The lowest BCUT2D eigenvalue weighted by Gasteiger charge is -2.18. The molecular formula is C18H31IN4OS. The molecule has 5 nitrogen and oxygen atoms in total. The van der Waals surface area contributed by atoms with Crippen LogP contribution in [0, 0.1) is 6.92 Å². The minimum atomic E-state index is 0. The van der Waals surface area contributed by atoms with E-state index in [2.05, 4.69) is 48.5 Å². The number of nitrogens with one attached hydrogen (secondary N) is 2. The average molecular weight is 478 g/mol. The third-order valence-electron chi connectivity index (χ3n) is 4.09. The highest BCUT2D eigenvalue weighted by Gasteiger charge is 2.17. The molecule has 2 heterocycles. The number of amides is 1. The lowest BCUT2D eigenvalue weighted by atomic mass is 10.2. The summed E-state index contributed by atoms with van der Waals surface area (Å²) in [6, 6.07) is 4.66. The van der Waals surface area contributed by atoms with E-state index in [1.54, 1.807) is 0 Å². The standard InChI is InChI=1S/C18H30N4OS.HI/c1-4-19-18(20-10-9-17(23)22-11-5-6-12-22)21-14(2)13-16-8-7-15(3)24-16;/h7-8,14H,4-6,9-13H2,1-3H3,(H2,19,20,21);1H. The Morgan fingerprint density at radius 3 is 2.68 bits per heavy atom. The number of nitrogens with zero attached hydrogens (tertiary/aromatic N) is 2. The number of carbonyl (C=O) groups excluding carboxylic acids is 1. The molecule has 25 heavy (non-hydrogen) atoms. The average Bonchev–Trinajstić information content (AvgIpc) is 3.19. The van der Waals surface area contributed by atoms with Gasteiger partial charge in [-0.25, -0.2) is 0 Å². The molecule has 0 aromatic carbocycles. The Labute approximate surface area is 172 Å². The van der Waals surface area contributed by atoms with Crippen LogP contribution in [0.3, 0.4) is 0 Å². The van der Waals surface area contributed by atoms with Crippen molar-refractivity contribution in [1.29, 1.82) is 0 Å². The molecule has 0 spiro atoms. The first-order valence-electron chi connectivity index (χ1n) is 8.96. The van der Waals surface area contributed by atoms with Crippen LogP contribution in [0.4, 0.5) is 0 Å². The van der Waals surface area contributed by atoms with E-state index in [-0.39, 0.29) is 29.9 Å². The molecule has 1 aromatic heterocycles. The van der Waals surface area contributed by atoms with Gasteiger partial charge in [0.1, 0.15) is 0 Å². The van der Waals surface area contributed by atoms with Crippen LogP contribution in [0.2, 0.25) is 0 Å². The Balaban J connectivity index is 0.00000312. The van der Waals surface area contributed by atoms with Gasteiger partial charge in [-0.05, 0) is 45.7 Å². The quantitative estimate of drug-likeness (QED) is 0.360. The number of rotatable bonds is 7. The van der Waals surface area contributed by atoms with Crippen LogP contribution in [0.15, 0.2) is 17.1 Å². The summed E-state index contributed by atoms with van der Waals surface area (Å²) in [4.78, 5) is 21.3. The zero-order chi connectivity index (χ0) is 17.4. The first-order valence-corrected chi connectivity index (χ1v) is 9.78. The van der Waals surface area contributed by atoms with Gasteiger partial charge in [0.2, 0.25) is 5.91 Å². The summed E-state index contributed by atoms with van der Waals surface area (Å²) in [5, 5.41) is 6.70. The van der Waals surface area contributed by atoms with Gasteiger partial charge < -0.3 is 15.5 Å². The number of hydrogen-bond acceptors (Lipinski definition) is 3. The summed E-state index contributed by atoms with van der Waals surface area (Å²) in [6.07, 6.45) is 3.75. The number of likely N-dealkylation sites (tertiary alicyclic amines) is 1. The molecular weight excluding hydrogens is 447 g/mol. The molecule has 1 aliphatic heterocycles. The van der Waals surface area contributed by atoms with E-state index >= 15 is 0 Å². The van der Waals surface area contributed by atoms with Crippen molar-refractivity contribution in [2.45, 2.75) is 52.5 Å². The third-order valence-corrected chi connectivity index (χ3v) is 5.11. The summed E-state index contributed by atoms with van der Waals surface area (Å²) in [6.45, 7) is 9.54. The molecule has 0 aliphatic carbocycles. The molecule has 0 bridgehead atoms.